The molecule has 0 atom stereocenters. The maximum absolute atomic E-state index is 13.5. The average molecular weight is 467 g/mol. The van der Waals surface area contributed by atoms with Gasteiger partial charge in [0.1, 0.15) is 17.2 Å². The fourth-order valence-electron chi connectivity index (χ4n) is 3.69. The molecule has 3 aromatic carbocycles. The van der Waals surface area contributed by atoms with Gasteiger partial charge in [-0.1, -0.05) is 29.8 Å². The zero-order valence-corrected chi connectivity index (χ0v) is 19.5. The monoisotopic (exact) mass is 466 g/mol. The molecule has 33 heavy (non-hydrogen) atoms. The van der Waals surface area contributed by atoms with Crippen LogP contribution in [0.1, 0.15) is 15.9 Å². The summed E-state index contributed by atoms with van der Waals surface area (Å²) in [5.41, 5.74) is 4.06. The molecule has 1 N–H and O–H groups in total. The molecule has 0 radical (unpaired) electrons. The Balaban J connectivity index is 2.07. The molecule has 8 heteroatoms. The third-order valence-electron chi connectivity index (χ3n) is 5.57. The number of aryl methyl sites for hydroxylation is 1. The number of nitrogens with zero attached hydrogens (tertiary/aromatic N) is 1. The summed E-state index contributed by atoms with van der Waals surface area (Å²) in [6.45, 7) is 1.96. The Morgan fingerprint density at radius 1 is 1.00 bits per heavy atom. The Kier molecular flexibility index (Phi) is 5.71. The number of rotatable bonds is 5. The first-order chi connectivity index (χ1) is 15.6. The first-order valence-corrected chi connectivity index (χ1v) is 12.0. The van der Waals surface area contributed by atoms with Crippen molar-refractivity contribution >= 4 is 32.6 Å². The zero-order valence-electron chi connectivity index (χ0n) is 18.6. The van der Waals surface area contributed by atoms with Crippen LogP contribution in [0.15, 0.2) is 65.1 Å². The number of hydrogen-bond donors (Lipinski definition) is 1. The van der Waals surface area contributed by atoms with Gasteiger partial charge in [-0.05, 0) is 42.8 Å². The molecular weight excluding hydrogens is 443 g/mol. The molecule has 0 spiro atoms. The maximum atomic E-state index is 13.5. The molecular formula is C25H23FN2O4S. The van der Waals surface area contributed by atoms with E-state index >= 15 is 0 Å². The minimum Gasteiger partial charge on any atom is -0.455 e. The summed E-state index contributed by atoms with van der Waals surface area (Å²) in [7, 11) is -0.588. The predicted molar refractivity (Wildman–Crippen MR) is 128 cm³/mol. The highest BCUT2D eigenvalue weighted by atomic mass is 32.2. The molecule has 0 saturated heterocycles. The average Bonchev–Trinajstić information content (AvgIpc) is 3.16. The number of anilines is 1. The highest BCUT2D eigenvalue weighted by molar-refractivity contribution is 7.92. The predicted octanol–water partition coefficient (Wildman–Crippen LogP) is 4.97. The van der Waals surface area contributed by atoms with Crippen LogP contribution in [0.2, 0.25) is 0 Å². The molecule has 0 aliphatic carbocycles. The Labute approximate surface area is 191 Å². The number of hydrogen-bond acceptors (Lipinski definition) is 4. The minimum atomic E-state index is -3.57. The Morgan fingerprint density at radius 3 is 2.18 bits per heavy atom. The largest absolute Gasteiger partial charge is 0.455 e. The van der Waals surface area contributed by atoms with Crippen molar-refractivity contribution in [3.8, 4) is 22.5 Å². The zero-order chi connectivity index (χ0) is 23.9. The summed E-state index contributed by atoms with van der Waals surface area (Å²) in [6, 6.07) is 16.7. The third-order valence-corrected chi connectivity index (χ3v) is 6.76. The summed E-state index contributed by atoms with van der Waals surface area (Å²) < 4.78 is 45.5. The molecule has 1 aromatic heterocycles. The van der Waals surface area contributed by atoms with E-state index in [1.54, 1.807) is 12.1 Å². The fraction of sp³-hybridized carbons (Fsp3) is 0.160. The SMILES string of the molecule is CNC(=O)c1c(-c2ccc(F)cc2)oc2cc(N(C)S(C)(=O)=O)c(-c3ccc(C)cc3)cc12. The number of carbonyl (C=O) groups excluding carboxylic acids is 1. The molecule has 0 aliphatic rings. The van der Waals surface area contributed by atoms with Crippen LogP contribution in [0.5, 0.6) is 0 Å². The van der Waals surface area contributed by atoms with E-state index in [-0.39, 0.29) is 11.7 Å². The lowest BCUT2D eigenvalue weighted by atomic mass is 9.98. The third kappa shape index (κ3) is 4.21. The van der Waals surface area contributed by atoms with E-state index in [4.69, 9.17) is 4.42 Å². The molecule has 6 nitrogen and oxygen atoms in total. The molecule has 1 heterocycles. The molecule has 0 unspecified atom stereocenters. The molecule has 0 saturated carbocycles. The Bertz CT molecular complexity index is 1460. The summed E-state index contributed by atoms with van der Waals surface area (Å²) in [4.78, 5) is 12.9. The summed E-state index contributed by atoms with van der Waals surface area (Å²) in [5, 5.41) is 3.15. The summed E-state index contributed by atoms with van der Waals surface area (Å²) in [5.74, 6) is -0.499. The van der Waals surface area contributed by atoms with Crippen molar-refractivity contribution in [2.75, 3.05) is 24.7 Å². The van der Waals surface area contributed by atoms with Gasteiger partial charge in [-0.2, -0.15) is 0 Å². The highest BCUT2D eigenvalue weighted by Crippen LogP contribution is 2.41. The smallest absolute Gasteiger partial charge is 0.255 e. The van der Waals surface area contributed by atoms with Gasteiger partial charge < -0.3 is 9.73 Å². The topological polar surface area (TPSA) is 79.6 Å². The highest BCUT2D eigenvalue weighted by Gasteiger charge is 2.25. The Morgan fingerprint density at radius 2 is 1.61 bits per heavy atom. The van der Waals surface area contributed by atoms with E-state index < -0.39 is 15.8 Å². The fourth-order valence-corrected chi connectivity index (χ4v) is 4.20. The second-order valence-corrected chi connectivity index (χ2v) is 9.87. The van der Waals surface area contributed by atoms with Crippen LogP contribution in [0.3, 0.4) is 0 Å². The second kappa shape index (κ2) is 8.37. The van der Waals surface area contributed by atoms with Crippen molar-refractivity contribution in [3.05, 3.63) is 77.6 Å². The Hall–Kier alpha value is -3.65. The number of nitrogens with one attached hydrogen (secondary N) is 1. The molecule has 1 amide bonds. The van der Waals surface area contributed by atoms with Gasteiger partial charge in [-0.15, -0.1) is 0 Å². The van der Waals surface area contributed by atoms with Gasteiger partial charge in [-0.3, -0.25) is 9.10 Å². The normalized spacial score (nSPS) is 11.5. The lowest BCUT2D eigenvalue weighted by molar-refractivity contribution is 0.0964. The van der Waals surface area contributed by atoms with Crippen molar-refractivity contribution < 1.29 is 22.0 Å². The van der Waals surface area contributed by atoms with Gasteiger partial charge in [0, 0.05) is 36.7 Å². The minimum absolute atomic E-state index is 0.276. The van der Waals surface area contributed by atoms with E-state index in [1.165, 1.54) is 42.7 Å². The molecule has 4 rings (SSSR count). The van der Waals surface area contributed by atoms with Crippen LogP contribution in [-0.4, -0.2) is 34.7 Å². The van der Waals surface area contributed by atoms with Gasteiger partial charge >= 0.3 is 0 Å². The first-order valence-electron chi connectivity index (χ1n) is 10.2. The molecule has 4 aromatic rings. The van der Waals surface area contributed by atoms with Crippen molar-refractivity contribution in [2.24, 2.45) is 0 Å². The van der Waals surface area contributed by atoms with Gasteiger partial charge in [-0.25, -0.2) is 12.8 Å². The van der Waals surface area contributed by atoms with E-state index in [1.807, 2.05) is 31.2 Å². The number of furan rings is 1. The van der Waals surface area contributed by atoms with Crippen LogP contribution in [0, 0.1) is 12.7 Å². The quantitative estimate of drug-likeness (QED) is 0.450. The van der Waals surface area contributed by atoms with Crippen LogP contribution < -0.4 is 9.62 Å². The van der Waals surface area contributed by atoms with Gasteiger partial charge in [0.05, 0.1) is 17.5 Å². The van der Waals surface area contributed by atoms with E-state index in [0.717, 1.165) is 17.4 Å². The lowest BCUT2D eigenvalue weighted by Crippen LogP contribution is -2.25. The van der Waals surface area contributed by atoms with E-state index in [9.17, 15) is 17.6 Å². The van der Waals surface area contributed by atoms with Crippen LogP contribution in [0.25, 0.3) is 33.4 Å². The number of amides is 1. The maximum Gasteiger partial charge on any atom is 0.255 e. The standard InChI is InChI=1S/C25H23FN2O4S/c1-15-5-7-16(8-6-15)19-13-20-22(14-21(19)28(3)33(4,30)31)32-24(23(20)25(29)27-2)17-9-11-18(26)12-10-17/h5-14H,1-4H3,(H,27,29). The summed E-state index contributed by atoms with van der Waals surface area (Å²) in [6.07, 6.45) is 1.12. The number of halogens is 1. The van der Waals surface area contributed by atoms with Crippen molar-refractivity contribution in [2.45, 2.75) is 6.92 Å². The number of fused-ring (bicyclic) bond motifs is 1. The number of sulfonamides is 1. The van der Waals surface area contributed by atoms with Crippen LogP contribution >= 0.6 is 0 Å². The van der Waals surface area contributed by atoms with Crippen LogP contribution in [-0.2, 0) is 10.0 Å². The first kappa shape index (κ1) is 22.5. The van der Waals surface area contributed by atoms with Crippen molar-refractivity contribution in [1.29, 1.82) is 0 Å². The van der Waals surface area contributed by atoms with Crippen molar-refractivity contribution in [1.82, 2.24) is 5.32 Å². The van der Waals surface area contributed by atoms with Crippen LogP contribution in [0.4, 0.5) is 10.1 Å². The van der Waals surface area contributed by atoms with Crippen molar-refractivity contribution in [3.63, 3.8) is 0 Å². The van der Waals surface area contributed by atoms with E-state index in [0.29, 0.717) is 33.3 Å². The van der Waals surface area contributed by atoms with Gasteiger partial charge in [0.15, 0.2) is 0 Å². The summed E-state index contributed by atoms with van der Waals surface area (Å²) >= 11 is 0. The number of benzene rings is 3. The second-order valence-electron chi connectivity index (χ2n) is 7.85. The molecule has 170 valence electrons. The van der Waals surface area contributed by atoms with E-state index in [2.05, 4.69) is 5.32 Å². The van der Waals surface area contributed by atoms with Gasteiger partial charge in [0.2, 0.25) is 10.0 Å². The molecule has 0 bridgehead atoms. The molecule has 0 fully saturated rings. The van der Waals surface area contributed by atoms with Gasteiger partial charge in [0.25, 0.3) is 5.91 Å². The number of carbonyl (C=O) groups is 1. The molecule has 0 aliphatic heterocycles. The lowest BCUT2D eigenvalue weighted by Gasteiger charge is -2.20.